The van der Waals surface area contributed by atoms with Crippen LogP contribution in [0.3, 0.4) is 0 Å². The average Bonchev–Trinajstić information content (AvgIpc) is 2.47. The van der Waals surface area contributed by atoms with Gasteiger partial charge in [0.2, 0.25) is 5.89 Å². The molecule has 20 heavy (non-hydrogen) atoms. The Balaban J connectivity index is 1.98. The smallest absolute Gasteiger partial charge is 0.347 e. The van der Waals surface area contributed by atoms with Gasteiger partial charge in [-0.1, -0.05) is 42.0 Å². The number of hydrogen-bond donors (Lipinski definition) is 0. The van der Waals surface area contributed by atoms with Crippen LogP contribution in [0, 0.1) is 6.92 Å². The van der Waals surface area contributed by atoms with Crippen molar-refractivity contribution in [2.45, 2.75) is 6.92 Å². The zero-order valence-corrected chi connectivity index (χ0v) is 11.0. The van der Waals surface area contributed by atoms with Gasteiger partial charge in [-0.15, -0.1) is 0 Å². The van der Waals surface area contributed by atoms with E-state index in [2.05, 4.69) is 4.98 Å². The van der Waals surface area contributed by atoms with E-state index in [1.807, 2.05) is 43.3 Å². The topological polar surface area (TPSA) is 43.1 Å². The number of aromatic nitrogens is 1. The van der Waals surface area contributed by atoms with Crippen molar-refractivity contribution in [2.24, 2.45) is 0 Å². The molecule has 0 radical (unpaired) electrons. The summed E-state index contributed by atoms with van der Waals surface area (Å²) in [5.74, 6) is 0.314. The zero-order valence-electron chi connectivity index (χ0n) is 11.0. The number of rotatable bonds is 2. The molecule has 0 saturated carbocycles. The molecule has 3 aromatic rings. The minimum absolute atomic E-state index is 0.314. The fraction of sp³-hybridized carbons (Fsp3) is 0.0588. The van der Waals surface area contributed by atoms with E-state index in [0.717, 1.165) is 5.56 Å². The number of benzene rings is 2. The lowest BCUT2D eigenvalue weighted by molar-refractivity contribution is 0.491. The minimum atomic E-state index is -0.362. The molecule has 3 heteroatoms. The van der Waals surface area contributed by atoms with Crippen molar-refractivity contribution in [1.29, 1.82) is 0 Å². The average molecular weight is 263 g/mol. The van der Waals surface area contributed by atoms with Crippen LogP contribution in [0.15, 0.2) is 57.7 Å². The van der Waals surface area contributed by atoms with Gasteiger partial charge in [0.1, 0.15) is 0 Å². The minimum Gasteiger partial charge on any atom is -0.404 e. The molecule has 0 amide bonds. The second-order valence-corrected chi connectivity index (χ2v) is 4.60. The Hall–Kier alpha value is -2.68. The molecule has 0 spiro atoms. The molecule has 3 rings (SSSR count). The number of nitrogens with zero attached hydrogens (tertiary/aromatic N) is 1. The van der Waals surface area contributed by atoms with Crippen LogP contribution < -0.4 is 5.63 Å². The number of para-hydroxylation sites is 1. The molecule has 0 aliphatic heterocycles. The first-order valence-corrected chi connectivity index (χ1v) is 6.37. The van der Waals surface area contributed by atoms with Crippen LogP contribution in [0.1, 0.15) is 17.0 Å². The Kier molecular flexibility index (Phi) is 3.17. The van der Waals surface area contributed by atoms with Gasteiger partial charge in [-0.3, -0.25) is 0 Å². The van der Waals surface area contributed by atoms with E-state index in [4.69, 9.17) is 4.42 Å². The maximum Gasteiger partial charge on any atom is 0.347 e. The second kappa shape index (κ2) is 5.13. The summed E-state index contributed by atoms with van der Waals surface area (Å²) >= 11 is 0. The van der Waals surface area contributed by atoms with Crippen molar-refractivity contribution in [3.63, 3.8) is 0 Å². The normalized spacial score (nSPS) is 11.2. The first-order chi connectivity index (χ1) is 9.72. The Morgan fingerprint density at radius 2 is 1.75 bits per heavy atom. The van der Waals surface area contributed by atoms with Gasteiger partial charge in [0.05, 0.1) is 10.9 Å². The van der Waals surface area contributed by atoms with Gasteiger partial charge >= 0.3 is 5.63 Å². The molecule has 0 fully saturated rings. The molecule has 1 aromatic heterocycles. The molecule has 0 unspecified atom stereocenters. The standard InChI is InChI=1S/C17H13NO2/c1-12-6-8-13(9-7-12)10-11-16-18-15-5-3-2-4-14(15)17(19)20-16/h2-11H,1H3/b11-10+. The molecule has 2 aromatic carbocycles. The Morgan fingerprint density at radius 3 is 2.55 bits per heavy atom. The van der Waals surface area contributed by atoms with E-state index < -0.39 is 0 Å². The van der Waals surface area contributed by atoms with Crippen LogP contribution in [0.25, 0.3) is 23.1 Å². The van der Waals surface area contributed by atoms with Crippen molar-refractivity contribution in [1.82, 2.24) is 4.98 Å². The Morgan fingerprint density at radius 1 is 1.00 bits per heavy atom. The van der Waals surface area contributed by atoms with Crippen molar-refractivity contribution in [3.8, 4) is 0 Å². The lowest BCUT2D eigenvalue weighted by Gasteiger charge is -1.97. The molecular weight excluding hydrogens is 250 g/mol. The maximum absolute atomic E-state index is 11.8. The molecule has 98 valence electrons. The van der Waals surface area contributed by atoms with Gasteiger partial charge in [-0.2, -0.15) is 0 Å². The van der Waals surface area contributed by atoms with Crippen LogP contribution in [0.2, 0.25) is 0 Å². The number of hydrogen-bond acceptors (Lipinski definition) is 3. The SMILES string of the molecule is Cc1ccc(/C=C/c2nc3ccccc3c(=O)o2)cc1. The molecule has 0 N–H and O–H groups in total. The molecule has 3 nitrogen and oxygen atoms in total. The van der Waals surface area contributed by atoms with Gasteiger partial charge in [-0.25, -0.2) is 9.78 Å². The fourth-order valence-corrected chi connectivity index (χ4v) is 1.95. The first-order valence-electron chi connectivity index (χ1n) is 6.37. The summed E-state index contributed by atoms with van der Waals surface area (Å²) in [6.45, 7) is 2.04. The highest BCUT2D eigenvalue weighted by atomic mass is 16.4. The highest BCUT2D eigenvalue weighted by Crippen LogP contribution is 2.11. The Bertz CT molecular complexity index is 829. The van der Waals surface area contributed by atoms with E-state index in [-0.39, 0.29) is 5.63 Å². The van der Waals surface area contributed by atoms with Crippen LogP contribution in [0.5, 0.6) is 0 Å². The third-order valence-corrected chi connectivity index (χ3v) is 3.05. The number of aryl methyl sites for hydroxylation is 1. The van der Waals surface area contributed by atoms with Crippen molar-refractivity contribution < 1.29 is 4.42 Å². The third-order valence-electron chi connectivity index (χ3n) is 3.05. The van der Waals surface area contributed by atoms with E-state index in [0.29, 0.717) is 16.8 Å². The van der Waals surface area contributed by atoms with Crippen molar-refractivity contribution >= 4 is 23.1 Å². The highest BCUT2D eigenvalue weighted by Gasteiger charge is 2.02. The zero-order chi connectivity index (χ0) is 13.9. The quantitative estimate of drug-likeness (QED) is 0.708. The van der Waals surface area contributed by atoms with Crippen LogP contribution >= 0.6 is 0 Å². The van der Waals surface area contributed by atoms with Gasteiger partial charge < -0.3 is 4.42 Å². The largest absolute Gasteiger partial charge is 0.404 e. The van der Waals surface area contributed by atoms with E-state index in [1.165, 1.54) is 5.56 Å². The van der Waals surface area contributed by atoms with Crippen LogP contribution in [-0.2, 0) is 0 Å². The summed E-state index contributed by atoms with van der Waals surface area (Å²) in [5.41, 5.74) is 2.53. The van der Waals surface area contributed by atoms with Gasteiger partial charge in [0.15, 0.2) is 0 Å². The molecule has 0 aliphatic carbocycles. The van der Waals surface area contributed by atoms with E-state index in [9.17, 15) is 4.79 Å². The molecule has 1 heterocycles. The van der Waals surface area contributed by atoms with Crippen molar-refractivity contribution in [2.75, 3.05) is 0 Å². The third kappa shape index (κ3) is 2.52. The number of fused-ring (bicyclic) bond motifs is 1. The van der Waals surface area contributed by atoms with Crippen molar-refractivity contribution in [3.05, 3.63) is 76.0 Å². The molecule has 0 atom stereocenters. The summed E-state index contributed by atoms with van der Waals surface area (Å²) in [4.78, 5) is 16.1. The molecular formula is C17H13NO2. The second-order valence-electron chi connectivity index (χ2n) is 4.60. The molecule has 0 saturated heterocycles. The fourth-order valence-electron chi connectivity index (χ4n) is 1.95. The van der Waals surface area contributed by atoms with Gasteiger partial charge in [0, 0.05) is 6.08 Å². The van der Waals surface area contributed by atoms with Gasteiger partial charge in [0.25, 0.3) is 0 Å². The van der Waals surface area contributed by atoms with Crippen LogP contribution in [0.4, 0.5) is 0 Å². The predicted octanol–water partition coefficient (Wildman–Crippen LogP) is 3.67. The molecule has 0 bridgehead atoms. The lowest BCUT2D eigenvalue weighted by Crippen LogP contribution is -2.02. The summed E-state index contributed by atoms with van der Waals surface area (Å²) in [5, 5.41) is 0.500. The summed E-state index contributed by atoms with van der Waals surface area (Å²) in [6, 6.07) is 15.2. The highest BCUT2D eigenvalue weighted by molar-refractivity contribution is 5.78. The van der Waals surface area contributed by atoms with E-state index >= 15 is 0 Å². The van der Waals surface area contributed by atoms with E-state index in [1.54, 1.807) is 24.3 Å². The summed E-state index contributed by atoms with van der Waals surface area (Å²) < 4.78 is 5.18. The predicted molar refractivity (Wildman–Crippen MR) is 80.4 cm³/mol. The Labute approximate surface area is 116 Å². The summed E-state index contributed by atoms with van der Waals surface area (Å²) in [7, 11) is 0. The molecule has 0 aliphatic rings. The first kappa shape index (κ1) is 12.4. The lowest BCUT2D eigenvalue weighted by atomic mass is 10.1. The monoisotopic (exact) mass is 263 g/mol. The van der Waals surface area contributed by atoms with Crippen LogP contribution in [-0.4, -0.2) is 4.98 Å². The maximum atomic E-state index is 11.8. The van der Waals surface area contributed by atoms with Gasteiger partial charge in [-0.05, 0) is 30.7 Å². The summed E-state index contributed by atoms with van der Waals surface area (Å²) in [6.07, 6.45) is 3.58.